The molecule has 1 aromatic rings. The molecule has 18 heavy (non-hydrogen) atoms. The maximum atomic E-state index is 5.89. The van der Waals surface area contributed by atoms with Crippen molar-refractivity contribution in [2.24, 2.45) is 10.1 Å². The van der Waals surface area contributed by atoms with E-state index in [1.165, 1.54) is 0 Å². The van der Waals surface area contributed by atoms with Crippen LogP contribution in [0.5, 0.6) is 0 Å². The summed E-state index contributed by atoms with van der Waals surface area (Å²) in [5.74, 6) is 0. The predicted molar refractivity (Wildman–Crippen MR) is 74.7 cm³/mol. The van der Waals surface area contributed by atoms with E-state index < -0.39 is 0 Å². The van der Waals surface area contributed by atoms with Gasteiger partial charge in [-0.3, -0.25) is 0 Å². The zero-order valence-electron chi connectivity index (χ0n) is 10.1. The van der Waals surface area contributed by atoms with Gasteiger partial charge >= 0.3 is 6.02 Å². The molecule has 1 aliphatic heterocycles. The predicted octanol–water partition coefficient (Wildman–Crippen LogP) is 3.08. The lowest BCUT2D eigenvalue weighted by Gasteiger charge is -2.07. The topological polar surface area (TPSA) is 46.0 Å². The molecule has 0 spiro atoms. The molecule has 2 rings (SSSR count). The molecule has 0 saturated carbocycles. The Morgan fingerprint density at radius 2 is 2.17 bits per heavy atom. The molecule has 4 nitrogen and oxygen atoms in total. The van der Waals surface area contributed by atoms with Crippen LogP contribution in [-0.4, -0.2) is 24.4 Å². The van der Waals surface area contributed by atoms with Crippen molar-refractivity contribution in [2.75, 3.05) is 6.61 Å². The van der Waals surface area contributed by atoms with E-state index in [2.05, 4.69) is 15.5 Å². The molecule has 0 saturated heterocycles. The Morgan fingerprint density at radius 1 is 1.39 bits per heavy atom. The maximum absolute atomic E-state index is 5.89. The minimum atomic E-state index is -0.193. The molecule has 1 N–H and O–H groups in total. The lowest BCUT2D eigenvalue weighted by atomic mass is 10.1. The second-order valence-corrected chi connectivity index (χ2v) is 5.38. The molecule has 96 valence electrons. The summed E-state index contributed by atoms with van der Waals surface area (Å²) in [6, 6.07) is 5.70. The molecule has 0 aromatic heterocycles. The van der Waals surface area contributed by atoms with E-state index in [-0.39, 0.29) is 5.54 Å². The van der Waals surface area contributed by atoms with E-state index in [9.17, 15) is 0 Å². The van der Waals surface area contributed by atoms with Crippen molar-refractivity contribution in [1.82, 2.24) is 5.43 Å². The first-order chi connectivity index (χ1) is 8.46. The van der Waals surface area contributed by atoms with E-state index in [4.69, 9.17) is 27.9 Å². The van der Waals surface area contributed by atoms with Crippen LogP contribution in [0.1, 0.15) is 19.4 Å². The second kappa shape index (κ2) is 5.16. The summed E-state index contributed by atoms with van der Waals surface area (Å²) in [4.78, 5) is 4.31. The summed E-state index contributed by atoms with van der Waals surface area (Å²) in [7, 11) is 0. The van der Waals surface area contributed by atoms with Crippen molar-refractivity contribution in [3.05, 3.63) is 33.8 Å². The molecule has 0 amide bonds. The van der Waals surface area contributed by atoms with Crippen LogP contribution in [0.25, 0.3) is 0 Å². The van der Waals surface area contributed by atoms with Crippen LogP contribution >= 0.6 is 23.2 Å². The van der Waals surface area contributed by atoms with Crippen molar-refractivity contribution in [3.8, 4) is 0 Å². The van der Waals surface area contributed by atoms with Gasteiger partial charge in [0.05, 0.1) is 21.8 Å². The SMILES string of the molecule is CC1(C)COC(N/N=C/c2ccc(Cl)c(Cl)c2)=N1. The molecule has 6 heteroatoms. The molecule has 1 aliphatic rings. The number of halogens is 2. The zero-order chi connectivity index (χ0) is 13.2. The summed E-state index contributed by atoms with van der Waals surface area (Å²) in [5.41, 5.74) is 3.39. The summed E-state index contributed by atoms with van der Waals surface area (Å²) < 4.78 is 5.33. The molecule has 0 unspecified atom stereocenters. The minimum absolute atomic E-state index is 0.193. The van der Waals surface area contributed by atoms with E-state index in [1.807, 2.05) is 19.9 Å². The number of rotatable bonds is 2. The van der Waals surface area contributed by atoms with Crippen LogP contribution in [0.15, 0.2) is 28.3 Å². The second-order valence-electron chi connectivity index (χ2n) is 4.56. The highest BCUT2D eigenvalue weighted by Gasteiger charge is 2.25. The third kappa shape index (κ3) is 3.37. The molecule has 0 bridgehead atoms. The molecular weight excluding hydrogens is 273 g/mol. The van der Waals surface area contributed by atoms with Gasteiger partial charge in [0.2, 0.25) is 0 Å². The largest absolute Gasteiger partial charge is 0.461 e. The first-order valence-corrected chi connectivity index (χ1v) is 6.19. The summed E-state index contributed by atoms with van der Waals surface area (Å²) in [6.07, 6.45) is 1.62. The van der Waals surface area contributed by atoms with Gasteiger partial charge in [0.25, 0.3) is 0 Å². The van der Waals surface area contributed by atoms with Gasteiger partial charge in [0.15, 0.2) is 0 Å². The van der Waals surface area contributed by atoms with Gasteiger partial charge in [-0.2, -0.15) is 5.10 Å². The van der Waals surface area contributed by atoms with Crippen LogP contribution in [0, 0.1) is 0 Å². The fourth-order valence-electron chi connectivity index (χ4n) is 1.40. The number of hydrazone groups is 1. The molecule has 0 atom stereocenters. The fraction of sp³-hybridized carbons (Fsp3) is 0.333. The number of ether oxygens (including phenoxy) is 1. The number of nitrogens with zero attached hydrogens (tertiary/aromatic N) is 2. The monoisotopic (exact) mass is 285 g/mol. The highest BCUT2D eigenvalue weighted by molar-refractivity contribution is 6.42. The number of aliphatic imine (C=N–C) groups is 1. The number of benzene rings is 1. The van der Waals surface area contributed by atoms with Gasteiger partial charge in [-0.25, -0.2) is 10.4 Å². The fourth-order valence-corrected chi connectivity index (χ4v) is 1.70. The molecule has 0 aliphatic carbocycles. The van der Waals surface area contributed by atoms with Crippen molar-refractivity contribution < 1.29 is 4.74 Å². The first kappa shape index (κ1) is 13.2. The number of hydrogen-bond donors (Lipinski definition) is 1. The lowest BCUT2D eigenvalue weighted by Crippen LogP contribution is -2.17. The van der Waals surface area contributed by atoms with Gasteiger partial charge in [-0.15, -0.1) is 0 Å². The summed E-state index contributed by atoms with van der Waals surface area (Å²) in [5, 5.41) is 5.04. The molecule has 0 radical (unpaired) electrons. The van der Waals surface area contributed by atoms with Crippen LogP contribution in [0.2, 0.25) is 10.0 Å². The van der Waals surface area contributed by atoms with Gasteiger partial charge < -0.3 is 4.74 Å². The van der Waals surface area contributed by atoms with E-state index in [0.29, 0.717) is 22.7 Å². The van der Waals surface area contributed by atoms with E-state index in [1.54, 1.807) is 18.3 Å². The molecule has 1 heterocycles. The quantitative estimate of drug-likeness (QED) is 0.670. The number of amidine groups is 1. The van der Waals surface area contributed by atoms with Gasteiger partial charge in [0.1, 0.15) is 6.61 Å². The normalized spacial score (nSPS) is 17.7. The smallest absolute Gasteiger partial charge is 0.306 e. The standard InChI is InChI=1S/C12H13Cl2N3O/c1-12(2)7-18-11(16-12)17-15-6-8-3-4-9(13)10(14)5-8/h3-6H,7H2,1-2H3,(H,16,17)/b15-6+. The maximum Gasteiger partial charge on any atom is 0.306 e. The first-order valence-electron chi connectivity index (χ1n) is 5.43. The zero-order valence-corrected chi connectivity index (χ0v) is 11.6. The van der Waals surface area contributed by atoms with Crippen molar-refractivity contribution in [1.29, 1.82) is 0 Å². The third-order valence-corrected chi connectivity index (χ3v) is 3.02. The Kier molecular flexibility index (Phi) is 3.78. The van der Waals surface area contributed by atoms with Crippen LogP contribution in [0.3, 0.4) is 0 Å². The van der Waals surface area contributed by atoms with Gasteiger partial charge in [-0.05, 0) is 31.5 Å². The molecular formula is C12H13Cl2N3O. The van der Waals surface area contributed by atoms with Gasteiger partial charge in [0, 0.05) is 0 Å². The van der Waals surface area contributed by atoms with Crippen LogP contribution in [-0.2, 0) is 4.74 Å². The number of hydrogen-bond acceptors (Lipinski definition) is 4. The lowest BCUT2D eigenvalue weighted by molar-refractivity contribution is 0.270. The van der Waals surface area contributed by atoms with Gasteiger partial charge in [-0.1, -0.05) is 29.3 Å². The van der Waals surface area contributed by atoms with Crippen LogP contribution < -0.4 is 5.43 Å². The molecule has 0 fully saturated rings. The van der Waals surface area contributed by atoms with Crippen molar-refractivity contribution in [2.45, 2.75) is 19.4 Å². The summed E-state index contributed by atoms with van der Waals surface area (Å²) in [6.45, 7) is 4.53. The van der Waals surface area contributed by atoms with E-state index in [0.717, 1.165) is 5.56 Å². The number of nitrogens with one attached hydrogen (secondary N) is 1. The highest BCUT2D eigenvalue weighted by Crippen LogP contribution is 2.21. The average molecular weight is 286 g/mol. The highest BCUT2D eigenvalue weighted by atomic mass is 35.5. The van der Waals surface area contributed by atoms with Crippen molar-refractivity contribution >= 4 is 35.4 Å². The Hall–Kier alpha value is -1.26. The summed E-state index contributed by atoms with van der Waals surface area (Å²) >= 11 is 11.7. The van der Waals surface area contributed by atoms with Crippen LogP contribution in [0.4, 0.5) is 0 Å². The Morgan fingerprint density at radius 3 is 2.78 bits per heavy atom. The Labute approximate surface area is 116 Å². The van der Waals surface area contributed by atoms with Crippen molar-refractivity contribution in [3.63, 3.8) is 0 Å². The molecule has 1 aromatic carbocycles. The average Bonchev–Trinajstić information content (AvgIpc) is 2.63. The Balaban J connectivity index is 1.98. The van der Waals surface area contributed by atoms with E-state index >= 15 is 0 Å². The third-order valence-electron chi connectivity index (χ3n) is 2.28. The minimum Gasteiger partial charge on any atom is -0.461 e. The Bertz CT molecular complexity index is 512.